The average Bonchev–Trinajstić information content (AvgIpc) is 2.87. The minimum atomic E-state index is -0.840. The van der Waals surface area contributed by atoms with Gasteiger partial charge in [0.25, 0.3) is 0 Å². The van der Waals surface area contributed by atoms with E-state index in [2.05, 4.69) is 10.6 Å². The molecule has 0 heterocycles. The van der Waals surface area contributed by atoms with E-state index in [1.807, 2.05) is 31.2 Å². The molecule has 2 atom stereocenters. The highest BCUT2D eigenvalue weighted by molar-refractivity contribution is 6.39. The second-order valence-corrected chi connectivity index (χ2v) is 6.32. The molecular formula is C18H16ClFN2O2. The molecule has 0 aliphatic heterocycles. The molecule has 0 saturated heterocycles. The summed E-state index contributed by atoms with van der Waals surface area (Å²) in [5, 5.41) is 5.09. The maximum atomic E-state index is 13.4. The van der Waals surface area contributed by atoms with E-state index >= 15 is 0 Å². The number of carbonyl (C=O) groups is 2. The molecule has 24 heavy (non-hydrogen) atoms. The van der Waals surface area contributed by atoms with Crippen molar-refractivity contribution >= 4 is 29.1 Å². The Balaban J connectivity index is 1.68. The summed E-state index contributed by atoms with van der Waals surface area (Å²) in [4.78, 5) is 24.2. The maximum absolute atomic E-state index is 13.4. The Bertz CT molecular complexity index is 809. The fourth-order valence-electron chi connectivity index (χ4n) is 2.98. The third kappa shape index (κ3) is 3.26. The van der Waals surface area contributed by atoms with Gasteiger partial charge in [-0.15, -0.1) is 0 Å². The third-order valence-corrected chi connectivity index (χ3v) is 4.48. The molecule has 6 heteroatoms. The molecule has 3 rings (SSSR count). The predicted octanol–water partition coefficient (Wildman–Crippen LogP) is 3.47. The Labute approximate surface area is 144 Å². The minimum absolute atomic E-state index is 0.0474. The van der Waals surface area contributed by atoms with Gasteiger partial charge in [0.1, 0.15) is 5.82 Å². The molecule has 0 saturated carbocycles. The van der Waals surface area contributed by atoms with Gasteiger partial charge in [-0.05, 0) is 41.7 Å². The van der Waals surface area contributed by atoms with E-state index in [9.17, 15) is 14.0 Å². The van der Waals surface area contributed by atoms with Crippen LogP contribution in [0.25, 0.3) is 0 Å². The van der Waals surface area contributed by atoms with Crippen LogP contribution in [0.1, 0.15) is 24.1 Å². The summed E-state index contributed by atoms with van der Waals surface area (Å²) in [6.45, 7) is 2.03. The molecule has 2 aromatic rings. The van der Waals surface area contributed by atoms with E-state index in [0.717, 1.165) is 18.1 Å². The second kappa shape index (κ2) is 6.61. The Kier molecular flexibility index (Phi) is 4.53. The van der Waals surface area contributed by atoms with Crippen LogP contribution in [0.2, 0.25) is 5.02 Å². The number of hydrogen-bond donors (Lipinski definition) is 2. The fraction of sp³-hybridized carbons (Fsp3) is 0.222. The van der Waals surface area contributed by atoms with E-state index < -0.39 is 17.6 Å². The molecule has 4 nitrogen and oxygen atoms in total. The standard InChI is InChI=1S/C18H16ClFN2O2/c1-10-8-11-4-2-3-5-13(11)16(10)22-18(24)17(23)21-12-6-7-14(19)15(20)9-12/h2-7,9-10,16H,8H2,1H3,(H,21,23)(H,22,24). The van der Waals surface area contributed by atoms with Crippen LogP contribution in [0.5, 0.6) is 0 Å². The lowest BCUT2D eigenvalue weighted by molar-refractivity contribution is -0.136. The first-order valence-corrected chi connectivity index (χ1v) is 7.98. The smallest absolute Gasteiger partial charge is 0.313 e. The van der Waals surface area contributed by atoms with Crippen molar-refractivity contribution in [3.63, 3.8) is 0 Å². The quantitative estimate of drug-likeness (QED) is 0.818. The van der Waals surface area contributed by atoms with E-state index in [4.69, 9.17) is 11.6 Å². The number of anilines is 1. The summed E-state index contributed by atoms with van der Waals surface area (Å²) < 4.78 is 13.4. The van der Waals surface area contributed by atoms with E-state index in [1.165, 1.54) is 17.7 Å². The van der Waals surface area contributed by atoms with Crippen LogP contribution < -0.4 is 10.6 Å². The monoisotopic (exact) mass is 346 g/mol. The number of rotatable bonds is 2. The van der Waals surface area contributed by atoms with Gasteiger partial charge in [-0.2, -0.15) is 0 Å². The first-order chi connectivity index (χ1) is 11.5. The van der Waals surface area contributed by atoms with Gasteiger partial charge in [0.05, 0.1) is 11.1 Å². The molecule has 0 fully saturated rings. The Morgan fingerprint density at radius 3 is 2.67 bits per heavy atom. The summed E-state index contributed by atoms with van der Waals surface area (Å²) in [6.07, 6.45) is 0.852. The number of halogens is 2. The third-order valence-electron chi connectivity index (χ3n) is 4.17. The molecular weight excluding hydrogens is 331 g/mol. The lowest BCUT2D eigenvalue weighted by Gasteiger charge is -2.18. The van der Waals surface area contributed by atoms with Crippen molar-refractivity contribution in [2.45, 2.75) is 19.4 Å². The van der Waals surface area contributed by atoms with Crippen molar-refractivity contribution in [3.8, 4) is 0 Å². The first kappa shape index (κ1) is 16.5. The van der Waals surface area contributed by atoms with Crippen LogP contribution >= 0.6 is 11.6 Å². The summed E-state index contributed by atoms with van der Waals surface area (Å²) >= 11 is 5.59. The number of hydrogen-bond acceptors (Lipinski definition) is 2. The molecule has 1 aliphatic rings. The van der Waals surface area contributed by atoms with Crippen LogP contribution in [0, 0.1) is 11.7 Å². The zero-order chi connectivity index (χ0) is 17.3. The van der Waals surface area contributed by atoms with Crippen LogP contribution in [-0.2, 0) is 16.0 Å². The Hall–Kier alpha value is -2.40. The van der Waals surface area contributed by atoms with Crippen molar-refractivity contribution in [2.24, 2.45) is 5.92 Å². The normalized spacial score (nSPS) is 18.8. The van der Waals surface area contributed by atoms with Gasteiger partial charge in [0.15, 0.2) is 0 Å². The highest BCUT2D eigenvalue weighted by Crippen LogP contribution is 2.35. The van der Waals surface area contributed by atoms with Crippen LogP contribution in [-0.4, -0.2) is 11.8 Å². The average molecular weight is 347 g/mol. The molecule has 2 unspecified atom stereocenters. The number of benzene rings is 2. The lowest BCUT2D eigenvalue weighted by atomic mass is 10.0. The van der Waals surface area contributed by atoms with Gasteiger partial charge < -0.3 is 10.6 Å². The molecule has 0 bridgehead atoms. The van der Waals surface area contributed by atoms with Gasteiger partial charge in [-0.1, -0.05) is 42.8 Å². The minimum Gasteiger partial charge on any atom is -0.341 e. The summed E-state index contributed by atoms with van der Waals surface area (Å²) in [5.74, 6) is -2.05. The van der Waals surface area contributed by atoms with Crippen molar-refractivity contribution < 1.29 is 14.0 Å². The first-order valence-electron chi connectivity index (χ1n) is 7.60. The molecule has 1 aliphatic carbocycles. The molecule has 2 aromatic carbocycles. The van der Waals surface area contributed by atoms with Gasteiger partial charge in [0, 0.05) is 5.69 Å². The fourth-order valence-corrected chi connectivity index (χ4v) is 3.10. The summed E-state index contributed by atoms with van der Waals surface area (Å²) in [5.41, 5.74) is 2.39. The molecule has 0 spiro atoms. The van der Waals surface area contributed by atoms with Crippen LogP contribution in [0.3, 0.4) is 0 Å². The zero-order valence-electron chi connectivity index (χ0n) is 13.0. The number of amides is 2. The van der Waals surface area contributed by atoms with E-state index in [-0.39, 0.29) is 22.7 Å². The Morgan fingerprint density at radius 1 is 1.17 bits per heavy atom. The van der Waals surface area contributed by atoms with Crippen molar-refractivity contribution in [3.05, 3.63) is 64.4 Å². The van der Waals surface area contributed by atoms with Gasteiger partial charge in [0.2, 0.25) is 0 Å². The molecule has 2 N–H and O–H groups in total. The highest BCUT2D eigenvalue weighted by Gasteiger charge is 2.31. The summed E-state index contributed by atoms with van der Waals surface area (Å²) in [7, 11) is 0. The zero-order valence-corrected chi connectivity index (χ0v) is 13.7. The van der Waals surface area contributed by atoms with Gasteiger partial charge in [-0.25, -0.2) is 4.39 Å². The van der Waals surface area contributed by atoms with Crippen LogP contribution in [0.15, 0.2) is 42.5 Å². The van der Waals surface area contributed by atoms with Crippen molar-refractivity contribution in [1.82, 2.24) is 5.32 Å². The highest BCUT2D eigenvalue weighted by atomic mass is 35.5. The van der Waals surface area contributed by atoms with Crippen molar-refractivity contribution in [2.75, 3.05) is 5.32 Å². The maximum Gasteiger partial charge on any atom is 0.313 e. The lowest BCUT2D eigenvalue weighted by Crippen LogP contribution is -2.38. The van der Waals surface area contributed by atoms with Gasteiger partial charge >= 0.3 is 11.8 Å². The molecule has 0 radical (unpaired) electrons. The predicted molar refractivity (Wildman–Crippen MR) is 90.2 cm³/mol. The summed E-state index contributed by atoms with van der Waals surface area (Å²) in [6, 6.07) is 11.5. The van der Waals surface area contributed by atoms with E-state index in [1.54, 1.807) is 0 Å². The molecule has 2 amide bonds. The largest absolute Gasteiger partial charge is 0.341 e. The number of carbonyl (C=O) groups excluding carboxylic acids is 2. The number of nitrogens with one attached hydrogen (secondary N) is 2. The topological polar surface area (TPSA) is 58.2 Å². The Morgan fingerprint density at radius 2 is 1.92 bits per heavy atom. The molecule has 124 valence electrons. The van der Waals surface area contributed by atoms with Gasteiger partial charge in [-0.3, -0.25) is 9.59 Å². The number of fused-ring (bicyclic) bond motifs is 1. The SMILES string of the molecule is CC1Cc2ccccc2C1NC(=O)C(=O)Nc1ccc(Cl)c(F)c1. The van der Waals surface area contributed by atoms with Crippen LogP contribution in [0.4, 0.5) is 10.1 Å². The molecule has 0 aromatic heterocycles. The van der Waals surface area contributed by atoms with E-state index in [0.29, 0.717) is 0 Å². The van der Waals surface area contributed by atoms with Crippen molar-refractivity contribution in [1.29, 1.82) is 0 Å². The second-order valence-electron chi connectivity index (χ2n) is 5.91.